The van der Waals surface area contributed by atoms with Gasteiger partial charge in [-0.25, -0.2) is 4.98 Å². The molecule has 0 saturated heterocycles. The molecule has 6 nitrogen and oxygen atoms in total. The summed E-state index contributed by atoms with van der Waals surface area (Å²) in [5.74, 6) is 0.979. The molecular formula is C21H17Cl2N5O. The summed E-state index contributed by atoms with van der Waals surface area (Å²) in [6.07, 6.45) is 0.295. The SMILES string of the molecule is Cc1nn(-c2nc3ccccc3n2C)c2c1[C@@H](c1ccc(Cl)cc1Cl)CC(=O)N2. The van der Waals surface area contributed by atoms with E-state index in [1.807, 2.05) is 48.9 Å². The fourth-order valence-electron chi connectivity index (χ4n) is 4.06. The summed E-state index contributed by atoms with van der Waals surface area (Å²) >= 11 is 12.5. The predicted molar refractivity (Wildman–Crippen MR) is 114 cm³/mol. The van der Waals surface area contributed by atoms with Crippen LogP contribution in [0.25, 0.3) is 17.0 Å². The number of anilines is 1. The second-order valence-corrected chi connectivity index (χ2v) is 8.03. The molecule has 0 saturated carbocycles. The summed E-state index contributed by atoms with van der Waals surface area (Å²) in [6.45, 7) is 1.94. The van der Waals surface area contributed by atoms with E-state index >= 15 is 0 Å². The van der Waals surface area contributed by atoms with Crippen LogP contribution < -0.4 is 5.32 Å². The molecule has 2 aromatic carbocycles. The number of nitrogens with zero attached hydrogens (tertiary/aromatic N) is 4. The average Bonchev–Trinajstić information content (AvgIpc) is 3.19. The molecule has 5 rings (SSSR count). The number of fused-ring (bicyclic) bond motifs is 2. The Morgan fingerprint density at radius 1 is 1.17 bits per heavy atom. The van der Waals surface area contributed by atoms with Crippen molar-refractivity contribution in [2.24, 2.45) is 7.05 Å². The number of nitrogens with one attached hydrogen (secondary N) is 1. The maximum atomic E-state index is 12.6. The number of carbonyl (C=O) groups excluding carboxylic acids is 1. The second kappa shape index (κ2) is 6.61. The van der Waals surface area contributed by atoms with Crippen molar-refractivity contribution in [1.82, 2.24) is 19.3 Å². The molecule has 29 heavy (non-hydrogen) atoms. The van der Waals surface area contributed by atoms with Crippen molar-refractivity contribution in [3.63, 3.8) is 0 Å². The van der Waals surface area contributed by atoms with Gasteiger partial charge in [-0.2, -0.15) is 9.78 Å². The molecule has 1 aliphatic heterocycles. The Morgan fingerprint density at radius 3 is 2.72 bits per heavy atom. The van der Waals surface area contributed by atoms with Gasteiger partial charge in [0.05, 0.1) is 16.7 Å². The molecule has 1 aliphatic rings. The highest BCUT2D eigenvalue weighted by molar-refractivity contribution is 6.35. The van der Waals surface area contributed by atoms with Gasteiger partial charge in [-0.05, 0) is 36.8 Å². The Bertz CT molecular complexity index is 1290. The molecule has 4 aromatic rings. The van der Waals surface area contributed by atoms with E-state index in [-0.39, 0.29) is 11.8 Å². The number of hydrogen-bond acceptors (Lipinski definition) is 3. The number of aryl methyl sites for hydroxylation is 2. The Kier molecular flexibility index (Phi) is 4.15. The van der Waals surface area contributed by atoms with Crippen molar-refractivity contribution >= 4 is 46.0 Å². The van der Waals surface area contributed by atoms with Gasteiger partial charge in [0.25, 0.3) is 0 Å². The number of aromatic nitrogens is 4. The Hall–Kier alpha value is -2.83. The lowest BCUT2D eigenvalue weighted by Gasteiger charge is -2.25. The van der Waals surface area contributed by atoms with Crippen LogP contribution >= 0.6 is 23.2 Å². The summed E-state index contributed by atoms with van der Waals surface area (Å²) in [6, 6.07) is 13.3. The summed E-state index contributed by atoms with van der Waals surface area (Å²) in [5.41, 5.74) is 4.49. The number of benzene rings is 2. The van der Waals surface area contributed by atoms with Crippen molar-refractivity contribution in [1.29, 1.82) is 0 Å². The minimum absolute atomic E-state index is 0.0894. The molecule has 0 aliphatic carbocycles. The molecule has 8 heteroatoms. The van der Waals surface area contributed by atoms with Crippen LogP contribution in [0.4, 0.5) is 5.82 Å². The van der Waals surface area contributed by atoms with E-state index in [4.69, 9.17) is 33.3 Å². The van der Waals surface area contributed by atoms with Gasteiger partial charge >= 0.3 is 0 Å². The van der Waals surface area contributed by atoms with E-state index in [1.165, 1.54) is 0 Å². The number of carbonyl (C=O) groups is 1. The van der Waals surface area contributed by atoms with Crippen LogP contribution in [0, 0.1) is 6.92 Å². The van der Waals surface area contributed by atoms with Crippen LogP contribution in [0.5, 0.6) is 0 Å². The largest absolute Gasteiger partial charge is 0.311 e. The van der Waals surface area contributed by atoms with Crippen molar-refractivity contribution in [2.45, 2.75) is 19.3 Å². The summed E-state index contributed by atoms with van der Waals surface area (Å²) in [5, 5.41) is 8.82. The Labute approximate surface area is 177 Å². The third kappa shape index (κ3) is 2.82. The monoisotopic (exact) mass is 425 g/mol. The van der Waals surface area contributed by atoms with E-state index in [9.17, 15) is 4.79 Å². The quantitative estimate of drug-likeness (QED) is 0.499. The Balaban J connectivity index is 1.72. The first-order chi connectivity index (χ1) is 13.9. The first-order valence-electron chi connectivity index (χ1n) is 9.20. The molecule has 1 atom stereocenters. The third-order valence-corrected chi connectivity index (χ3v) is 5.96. The van der Waals surface area contributed by atoms with Gasteiger partial charge in [0, 0.05) is 35.0 Å². The first kappa shape index (κ1) is 18.2. The van der Waals surface area contributed by atoms with Crippen LogP contribution in [-0.4, -0.2) is 25.2 Å². The fourth-order valence-corrected chi connectivity index (χ4v) is 4.60. The van der Waals surface area contributed by atoms with E-state index in [0.717, 1.165) is 27.9 Å². The van der Waals surface area contributed by atoms with Gasteiger partial charge in [0.15, 0.2) is 0 Å². The van der Waals surface area contributed by atoms with Crippen molar-refractivity contribution < 1.29 is 4.79 Å². The Morgan fingerprint density at radius 2 is 1.97 bits per heavy atom. The normalized spacial score (nSPS) is 16.1. The zero-order chi connectivity index (χ0) is 20.3. The second-order valence-electron chi connectivity index (χ2n) is 7.19. The average molecular weight is 426 g/mol. The molecule has 146 valence electrons. The third-order valence-electron chi connectivity index (χ3n) is 5.39. The number of imidazole rings is 1. The van der Waals surface area contributed by atoms with E-state index < -0.39 is 0 Å². The number of halogens is 2. The van der Waals surface area contributed by atoms with Gasteiger partial charge < -0.3 is 9.88 Å². The summed E-state index contributed by atoms with van der Waals surface area (Å²) < 4.78 is 3.67. The molecule has 0 unspecified atom stereocenters. The molecule has 0 fully saturated rings. The van der Waals surface area contributed by atoms with Gasteiger partial charge in [-0.1, -0.05) is 41.4 Å². The lowest BCUT2D eigenvalue weighted by atomic mass is 9.86. The van der Waals surface area contributed by atoms with Crippen molar-refractivity contribution in [3.05, 3.63) is 69.3 Å². The molecular weight excluding hydrogens is 409 g/mol. The summed E-state index contributed by atoms with van der Waals surface area (Å²) in [4.78, 5) is 17.3. The zero-order valence-corrected chi connectivity index (χ0v) is 17.3. The van der Waals surface area contributed by atoms with Gasteiger partial charge in [0.1, 0.15) is 5.82 Å². The van der Waals surface area contributed by atoms with Crippen LogP contribution in [-0.2, 0) is 11.8 Å². The molecule has 0 spiro atoms. The van der Waals surface area contributed by atoms with Crippen molar-refractivity contribution in [3.8, 4) is 5.95 Å². The van der Waals surface area contributed by atoms with Crippen LogP contribution in [0.3, 0.4) is 0 Å². The van der Waals surface area contributed by atoms with Crippen LogP contribution in [0.2, 0.25) is 10.0 Å². The lowest BCUT2D eigenvalue weighted by molar-refractivity contribution is -0.116. The molecule has 2 aromatic heterocycles. The maximum Gasteiger partial charge on any atom is 0.233 e. The highest BCUT2D eigenvalue weighted by Crippen LogP contribution is 2.42. The highest BCUT2D eigenvalue weighted by Gasteiger charge is 2.34. The van der Waals surface area contributed by atoms with E-state index in [0.29, 0.717) is 28.2 Å². The minimum Gasteiger partial charge on any atom is -0.311 e. The number of rotatable bonds is 2. The zero-order valence-electron chi connectivity index (χ0n) is 15.8. The number of amides is 1. The van der Waals surface area contributed by atoms with E-state index in [1.54, 1.807) is 16.8 Å². The van der Waals surface area contributed by atoms with Gasteiger partial charge in [-0.3, -0.25) is 4.79 Å². The minimum atomic E-state index is -0.202. The fraction of sp³-hybridized carbons (Fsp3) is 0.190. The molecule has 0 radical (unpaired) electrons. The molecule has 1 amide bonds. The van der Waals surface area contributed by atoms with E-state index in [2.05, 4.69) is 5.32 Å². The van der Waals surface area contributed by atoms with Crippen LogP contribution in [0.1, 0.15) is 29.2 Å². The standard InChI is InChI=1S/C21H17Cl2N5O/c1-11-19-14(13-8-7-12(22)9-15(13)23)10-18(29)25-20(19)28(26-11)21-24-16-5-3-4-6-17(16)27(21)2/h3-9,14H,10H2,1-2H3,(H,25,29)/t14-/m1/s1. The molecule has 0 bridgehead atoms. The number of hydrogen-bond donors (Lipinski definition) is 1. The van der Waals surface area contributed by atoms with Crippen LogP contribution in [0.15, 0.2) is 42.5 Å². The van der Waals surface area contributed by atoms with Crippen molar-refractivity contribution in [2.75, 3.05) is 5.32 Å². The molecule has 1 N–H and O–H groups in total. The van der Waals surface area contributed by atoms with Gasteiger partial charge in [-0.15, -0.1) is 0 Å². The lowest BCUT2D eigenvalue weighted by Crippen LogP contribution is -2.25. The number of para-hydroxylation sites is 2. The maximum absolute atomic E-state index is 12.6. The molecule has 3 heterocycles. The predicted octanol–water partition coefficient (Wildman–Crippen LogP) is 4.85. The first-order valence-corrected chi connectivity index (χ1v) is 9.96. The van der Waals surface area contributed by atoms with Gasteiger partial charge in [0.2, 0.25) is 11.9 Å². The summed E-state index contributed by atoms with van der Waals surface area (Å²) in [7, 11) is 1.94. The topological polar surface area (TPSA) is 64.7 Å². The smallest absolute Gasteiger partial charge is 0.233 e. The highest BCUT2D eigenvalue weighted by atomic mass is 35.5.